The summed E-state index contributed by atoms with van der Waals surface area (Å²) < 4.78 is 26.8. The molecule has 3 rings (SSSR count). The van der Waals surface area contributed by atoms with E-state index in [0.29, 0.717) is 5.69 Å². The molecule has 0 heterocycles. The highest BCUT2D eigenvalue weighted by Gasteiger charge is 2.31. The van der Waals surface area contributed by atoms with Gasteiger partial charge in [-0.3, -0.25) is 13.9 Å². The smallest absolute Gasteiger partial charge is 0.244 e. The summed E-state index contributed by atoms with van der Waals surface area (Å²) in [6, 6.07) is 12.5. The zero-order valence-electron chi connectivity index (χ0n) is 22.1. The van der Waals surface area contributed by atoms with Gasteiger partial charge in [0.25, 0.3) is 0 Å². The number of sulfonamides is 1. The number of nitrogens with zero attached hydrogens (tertiary/aromatic N) is 2. The lowest BCUT2D eigenvalue weighted by Gasteiger charge is -2.33. The van der Waals surface area contributed by atoms with Crippen molar-refractivity contribution in [3.05, 3.63) is 64.7 Å². The minimum atomic E-state index is -3.75. The topological polar surface area (TPSA) is 86.8 Å². The molecule has 1 aliphatic carbocycles. The number of aryl methyl sites for hydroxylation is 2. The van der Waals surface area contributed by atoms with E-state index in [2.05, 4.69) is 5.32 Å². The highest BCUT2D eigenvalue weighted by Crippen LogP contribution is 2.26. The molecule has 8 heteroatoms. The van der Waals surface area contributed by atoms with Crippen LogP contribution < -0.4 is 9.62 Å². The van der Waals surface area contributed by atoms with Gasteiger partial charge in [0, 0.05) is 12.6 Å². The van der Waals surface area contributed by atoms with Gasteiger partial charge in [-0.1, -0.05) is 55.7 Å². The number of anilines is 1. The van der Waals surface area contributed by atoms with Crippen molar-refractivity contribution < 1.29 is 18.0 Å². The van der Waals surface area contributed by atoms with Gasteiger partial charge in [-0.2, -0.15) is 0 Å². The van der Waals surface area contributed by atoms with E-state index in [-0.39, 0.29) is 25.0 Å². The summed E-state index contributed by atoms with van der Waals surface area (Å²) in [7, 11) is -3.75. The average molecular weight is 514 g/mol. The largest absolute Gasteiger partial charge is 0.352 e. The predicted octanol–water partition coefficient (Wildman–Crippen LogP) is 4.24. The average Bonchev–Trinajstić information content (AvgIpc) is 2.83. The molecule has 0 unspecified atom stereocenters. The molecule has 0 aromatic heterocycles. The summed E-state index contributed by atoms with van der Waals surface area (Å²) in [6.07, 6.45) is 6.35. The zero-order chi connectivity index (χ0) is 26.5. The predicted molar refractivity (Wildman–Crippen MR) is 144 cm³/mol. The summed E-state index contributed by atoms with van der Waals surface area (Å²) in [5, 5.41) is 3.12. The maximum absolute atomic E-state index is 13.8. The van der Waals surface area contributed by atoms with Crippen molar-refractivity contribution in [3.63, 3.8) is 0 Å². The van der Waals surface area contributed by atoms with Crippen LogP contribution in [0.5, 0.6) is 0 Å². The zero-order valence-corrected chi connectivity index (χ0v) is 22.9. The highest BCUT2D eigenvalue weighted by molar-refractivity contribution is 7.92. The Morgan fingerprint density at radius 3 is 2.25 bits per heavy atom. The van der Waals surface area contributed by atoms with Gasteiger partial charge < -0.3 is 10.2 Å². The molecule has 0 spiro atoms. The third-order valence-electron chi connectivity index (χ3n) is 7.24. The Balaban J connectivity index is 1.91. The molecule has 1 aliphatic rings. The van der Waals surface area contributed by atoms with Crippen LogP contribution in [-0.4, -0.2) is 50.0 Å². The van der Waals surface area contributed by atoms with Gasteiger partial charge >= 0.3 is 0 Å². The van der Waals surface area contributed by atoms with Crippen LogP contribution >= 0.6 is 0 Å². The number of hydrogen-bond acceptors (Lipinski definition) is 4. The molecule has 0 aliphatic heterocycles. The van der Waals surface area contributed by atoms with Crippen molar-refractivity contribution >= 4 is 27.5 Å². The first kappa shape index (κ1) is 27.7. The Morgan fingerprint density at radius 2 is 1.61 bits per heavy atom. The lowest BCUT2D eigenvalue weighted by molar-refractivity contribution is -0.139. The molecule has 1 N–H and O–H groups in total. The number of rotatable bonds is 9. The van der Waals surface area contributed by atoms with Gasteiger partial charge in [0.05, 0.1) is 11.9 Å². The summed E-state index contributed by atoms with van der Waals surface area (Å²) in [6.45, 7) is 7.27. The van der Waals surface area contributed by atoms with Crippen molar-refractivity contribution in [2.24, 2.45) is 0 Å². The van der Waals surface area contributed by atoms with E-state index in [4.69, 9.17) is 0 Å². The number of carbonyl (C=O) groups excluding carboxylic acids is 2. The maximum atomic E-state index is 13.8. The summed E-state index contributed by atoms with van der Waals surface area (Å²) in [5.41, 5.74) is 4.13. The van der Waals surface area contributed by atoms with Crippen molar-refractivity contribution in [1.82, 2.24) is 10.2 Å². The fraction of sp³-hybridized carbons (Fsp3) is 0.500. The van der Waals surface area contributed by atoms with Crippen LogP contribution in [0.2, 0.25) is 0 Å². The number of nitrogens with one attached hydrogen (secondary N) is 1. The minimum Gasteiger partial charge on any atom is -0.352 e. The third kappa shape index (κ3) is 6.87. The van der Waals surface area contributed by atoms with Crippen LogP contribution in [0.1, 0.15) is 61.3 Å². The first-order valence-electron chi connectivity index (χ1n) is 12.7. The van der Waals surface area contributed by atoms with E-state index < -0.39 is 22.0 Å². The van der Waals surface area contributed by atoms with Gasteiger partial charge in [-0.15, -0.1) is 0 Å². The Bertz CT molecular complexity index is 1190. The number of benzene rings is 2. The molecule has 0 radical (unpaired) electrons. The van der Waals surface area contributed by atoms with Gasteiger partial charge in [0.15, 0.2) is 0 Å². The van der Waals surface area contributed by atoms with Crippen molar-refractivity contribution in [1.29, 1.82) is 0 Å². The third-order valence-corrected chi connectivity index (χ3v) is 8.37. The molecular weight excluding hydrogens is 474 g/mol. The fourth-order valence-corrected chi connectivity index (χ4v) is 5.62. The van der Waals surface area contributed by atoms with Gasteiger partial charge in [0.1, 0.15) is 12.6 Å². The first-order chi connectivity index (χ1) is 17.0. The molecule has 7 nitrogen and oxygen atoms in total. The van der Waals surface area contributed by atoms with E-state index in [0.717, 1.165) is 58.5 Å². The molecule has 0 saturated heterocycles. The lowest BCUT2D eigenvalue weighted by atomic mass is 9.95. The van der Waals surface area contributed by atoms with Crippen LogP contribution in [0, 0.1) is 20.8 Å². The second kappa shape index (κ2) is 11.9. The summed E-state index contributed by atoms with van der Waals surface area (Å²) >= 11 is 0. The van der Waals surface area contributed by atoms with Crippen LogP contribution in [0.15, 0.2) is 42.5 Å². The SMILES string of the molecule is Cc1ccccc1CN(C(=O)CN(c1cccc(C)c1C)S(C)(=O)=O)[C@@H](C)C(=O)NC1CCCCC1. The fourth-order valence-electron chi connectivity index (χ4n) is 4.72. The van der Waals surface area contributed by atoms with Gasteiger partial charge in [-0.25, -0.2) is 8.42 Å². The van der Waals surface area contributed by atoms with Crippen LogP contribution in [0.4, 0.5) is 5.69 Å². The van der Waals surface area contributed by atoms with E-state index >= 15 is 0 Å². The molecule has 1 fully saturated rings. The number of carbonyl (C=O) groups is 2. The second-order valence-electron chi connectivity index (χ2n) is 9.96. The molecule has 196 valence electrons. The molecule has 36 heavy (non-hydrogen) atoms. The standard InChI is InChI=1S/C28H39N3O4S/c1-20-13-11-17-26(22(20)3)31(36(5,34)35)19-27(32)30(18-24-14-10-9-12-21(24)2)23(4)28(33)29-25-15-7-6-8-16-25/h9-14,17,23,25H,6-8,15-16,18-19H2,1-5H3,(H,29,33)/t23-/m0/s1. The van der Waals surface area contributed by atoms with Crippen LogP contribution in [-0.2, 0) is 26.2 Å². The Kier molecular flexibility index (Phi) is 9.17. The van der Waals surface area contributed by atoms with Crippen LogP contribution in [0.3, 0.4) is 0 Å². The van der Waals surface area contributed by atoms with Crippen molar-refractivity contribution in [2.45, 2.75) is 78.4 Å². The highest BCUT2D eigenvalue weighted by atomic mass is 32.2. The second-order valence-corrected chi connectivity index (χ2v) is 11.9. The van der Waals surface area contributed by atoms with Crippen molar-refractivity contribution in [2.75, 3.05) is 17.1 Å². The van der Waals surface area contributed by atoms with Gasteiger partial charge in [-0.05, 0) is 68.9 Å². The minimum absolute atomic E-state index is 0.117. The van der Waals surface area contributed by atoms with E-state index in [1.807, 2.05) is 51.1 Å². The number of hydrogen-bond donors (Lipinski definition) is 1. The molecule has 2 aromatic carbocycles. The van der Waals surface area contributed by atoms with Crippen molar-refractivity contribution in [3.8, 4) is 0 Å². The molecule has 1 saturated carbocycles. The Morgan fingerprint density at radius 1 is 0.972 bits per heavy atom. The maximum Gasteiger partial charge on any atom is 0.244 e. The lowest BCUT2D eigenvalue weighted by Crippen LogP contribution is -2.53. The monoisotopic (exact) mass is 513 g/mol. The summed E-state index contributed by atoms with van der Waals surface area (Å²) in [4.78, 5) is 28.5. The van der Waals surface area contributed by atoms with E-state index in [1.54, 1.807) is 19.1 Å². The Labute approximate surface area is 215 Å². The quantitative estimate of drug-likeness (QED) is 0.543. The molecule has 0 bridgehead atoms. The summed E-state index contributed by atoms with van der Waals surface area (Å²) in [5.74, 6) is -0.627. The molecule has 1 atom stereocenters. The van der Waals surface area contributed by atoms with Crippen LogP contribution in [0.25, 0.3) is 0 Å². The van der Waals surface area contributed by atoms with E-state index in [9.17, 15) is 18.0 Å². The molecular formula is C28H39N3O4S. The molecule has 2 aromatic rings. The van der Waals surface area contributed by atoms with E-state index in [1.165, 1.54) is 11.3 Å². The Hall–Kier alpha value is -2.87. The van der Waals surface area contributed by atoms with Gasteiger partial charge in [0.2, 0.25) is 21.8 Å². The first-order valence-corrected chi connectivity index (χ1v) is 14.5. The molecule has 2 amide bonds. The number of amides is 2. The normalized spacial score (nSPS) is 15.2.